The second-order valence-corrected chi connectivity index (χ2v) is 5.30. The van der Waals surface area contributed by atoms with Crippen molar-refractivity contribution in [1.29, 1.82) is 0 Å². The molecule has 2 aromatic rings. The molecule has 106 valence electrons. The van der Waals surface area contributed by atoms with Crippen molar-refractivity contribution in [3.05, 3.63) is 83.4 Å². The van der Waals surface area contributed by atoms with Gasteiger partial charge in [0.25, 0.3) is 0 Å². The van der Waals surface area contributed by atoms with Gasteiger partial charge in [-0.25, -0.2) is 0 Å². The number of hydrogen-bond donors (Lipinski definition) is 0. The Kier molecular flexibility index (Phi) is 5.28. The molecule has 0 amide bonds. The summed E-state index contributed by atoms with van der Waals surface area (Å²) in [5, 5.41) is 0. The van der Waals surface area contributed by atoms with Crippen molar-refractivity contribution in [1.82, 2.24) is 0 Å². The summed E-state index contributed by atoms with van der Waals surface area (Å²) in [6, 6.07) is 18.1. The first kappa shape index (κ1) is 15.0. The van der Waals surface area contributed by atoms with Gasteiger partial charge in [0.05, 0.1) is 0 Å². The maximum Gasteiger partial charge on any atom is 0.178 e. The molecule has 0 unspecified atom stereocenters. The molecule has 0 fully saturated rings. The fraction of sp³-hybridized carbons (Fsp3) is 0.150. The van der Waals surface area contributed by atoms with Crippen LogP contribution < -0.4 is 0 Å². The van der Waals surface area contributed by atoms with Gasteiger partial charge in [0.15, 0.2) is 5.78 Å². The standard InChI is InChI=1S/C20H20O/c1-16(2)19-12-8-18(9-13-19)11-15-20(21)14-10-17-6-4-3-5-7-17/h3-16H,1-2H3/b14-10+,15-11+. The van der Waals surface area contributed by atoms with E-state index >= 15 is 0 Å². The summed E-state index contributed by atoms with van der Waals surface area (Å²) in [5.41, 5.74) is 3.38. The van der Waals surface area contributed by atoms with E-state index in [0.717, 1.165) is 11.1 Å². The number of hydrogen-bond acceptors (Lipinski definition) is 1. The zero-order valence-corrected chi connectivity index (χ0v) is 12.5. The second-order valence-electron chi connectivity index (χ2n) is 5.30. The van der Waals surface area contributed by atoms with Crippen LogP contribution in [0.2, 0.25) is 0 Å². The van der Waals surface area contributed by atoms with Crippen molar-refractivity contribution in [2.45, 2.75) is 19.8 Å². The summed E-state index contributed by atoms with van der Waals surface area (Å²) in [7, 11) is 0. The van der Waals surface area contributed by atoms with Gasteiger partial charge < -0.3 is 0 Å². The number of carbonyl (C=O) groups excluding carboxylic acids is 1. The van der Waals surface area contributed by atoms with Crippen molar-refractivity contribution in [3.63, 3.8) is 0 Å². The van der Waals surface area contributed by atoms with Crippen LogP contribution in [0.1, 0.15) is 36.5 Å². The third-order valence-corrected chi connectivity index (χ3v) is 3.28. The minimum atomic E-state index is -0.00760. The Morgan fingerprint density at radius 2 is 1.33 bits per heavy atom. The van der Waals surface area contributed by atoms with E-state index in [0.29, 0.717) is 5.92 Å². The summed E-state index contributed by atoms with van der Waals surface area (Å²) in [5.74, 6) is 0.519. The molecule has 21 heavy (non-hydrogen) atoms. The van der Waals surface area contributed by atoms with E-state index in [9.17, 15) is 4.79 Å². The summed E-state index contributed by atoms with van der Waals surface area (Å²) < 4.78 is 0. The molecular formula is C20H20O. The lowest BCUT2D eigenvalue weighted by Crippen LogP contribution is -1.87. The molecule has 0 aliphatic carbocycles. The van der Waals surface area contributed by atoms with Crippen LogP contribution in [0.3, 0.4) is 0 Å². The first-order valence-corrected chi connectivity index (χ1v) is 7.20. The number of benzene rings is 2. The summed E-state index contributed by atoms with van der Waals surface area (Å²) >= 11 is 0. The quantitative estimate of drug-likeness (QED) is 0.694. The maximum absolute atomic E-state index is 11.8. The molecule has 0 bridgehead atoms. The fourth-order valence-corrected chi connectivity index (χ4v) is 1.97. The molecule has 0 saturated carbocycles. The molecule has 0 aliphatic rings. The molecule has 1 nitrogen and oxygen atoms in total. The normalized spacial score (nSPS) is 11.6. The van der Waals surface area contributed by atoms with E-state index in [1.54, 1.807) is 12.2 Å². The highest BCUT2D eigenvalue weighted by atomic mass is 16.1. The number of ketones is 1. The van der Waals surface area contributed by atoms with Crippen molar-refractivity contribution >= 4 is 17.9 Å². The number of carbonyl (C=O) groups is 1. The van der Waals surface area contributed by atoms with Gasteiger partial charge in [0.2, 0.25) is 0 Å². The van der Waals surface area contributed by atoms with E-state index in [1.807, 2.05) is 54.6 Å². The van der Waals surface area contributed by atoms with Crippen LogP contribution in [0.4, 0.5) is 0 Å². The van der Waals surface area contributed by atoms with E-state index in [1.165, 1.54) is 5.56 Å². The lowest BCUT2D eigenvalue weighted by Gasteiger charge is -2.04. The van der Waals surface area contributed by atoms with Gasteiger partial charge in [-0.2, -0.15) is 0 Å². The van der Waals surface area contributed by atoms with Gasteiger partial charge in [-0.05, 0) is 34.8 Å². The van der Waals surface area contributed by atoms with Gasteiger partial charge in [-0.15, -0.1) is 0 Å². The van der Waals surface area contributed by atoms with E-state index < -0.39 is 0 Å². The topological polar surface area (TPSA) is 17.1 Å². The Balaban J connectivity index is 1.97. The lowest BCUT2D eigenvalue weighted by molar-refractivity contribution is -0.110. The highest BCUT2D eigenvalue weighted by Crippen LogP contribution is 2.15. The van der Waals surface area contributed by atoms with Gasteiger partial charge in [-0.1, -0.05) is 80.6 Å². The van der Waals surface area contributed by atoms with Crippen LogP contribution in [0, 0.1) is 0 Å². The minimum Gasteiger partial charge on any atom is -0.290 e. The first-order valence-electron chi connectivity index (χ1n) is 7.20. The molecule has 2 aromatic carbocycles. The molecule has 0 aliphatic heterocycles. The monoisotopic (exact) mass is 276 g/mol. The maximum atomic E-state index is 11.8. The smallest absolute Gasteiger partial charge is 0.178 e. The van der Waals surface area contributed by atoms with Crippen LogP contribution in [0.5, 0.6) is 0 Å². The van der Waals surface area contributed by atoms with Crippen molar-refractivity contribution in [2.75, 3.05) is 0 Å². The van der Waals surface area contributed by atoms with Crippen LogP contribution in [-0.4, -0.2) is 5.78 Å². The molecule has 1 heteroatoms. The van der Waals surface area contributed by atoms with E-state index in [4.69, 9.17) is 0 Å². The van der Waals surface area contributed by atoms with Crippen molar-refractivity contribution in [3.8, 4) is 0 Å². The average Bonchev–Trinajstić information content (AvgIpc) is 2.52. The predicted octanol–water partition coefficient (Wildman–Crippen LogP) is 5.11. The third-order valence-electron chi connectivity index (χ3n) is 3.28. The molecule has 0 radical (unpaired) electrons. The molecule has 0 spiro atoms. The van der Waals surface area contributed by atoms with Crippen LogP contribution in [0.25, 0.3) is 12.2 Å². The Labute approximate surface area is 126 Å². The van der Waals surface area contributed by atoms with Crippen LogP contribution in [-0.2, 0) is 4.79 Å². The second kappa shape index (κ2) is 7.39. The SMILES string of the molecule is CC(C)c1ccc(/C=C/C(=O)/C=C/c2ccccc2)cc1. The Hall–Kier alpha value is -2.41. The van der Waals surface area contributed by atoms with Crippen molar-refractivity contribution in [2.24, 2.45) is 0 Å². The van der Waals surface area contributed by atoms with E-state index in [-0.39, 0.29) is 5.78 Å². The van der Waals surface area contributed by atoms with Crippen LogP contribution >= 0.6 is 0 Å². The Morgan fingerprint density at radius 3 is 1.86 bits per heavy atom. The average molecular weight is 276 g/mol. The molecule has 0 N–H and O–H groups in total. The molecule has 0 aromatic heterocycles. The zero-order chi connectivity index (χ0) is 15.1. The van der Waals surface area contributed by atoms with Gasteiger partial charge in [-0.3, -0.25) is 4.79 Å². The molecule has 2 rings (SSSR count). The highest BCUT2D eigenvalue weighted by molar-refractivity contribution is 6.04. The molecule has 0 saturated heterocycles. The predicted molar refractivity (Wildman–Crippen MR) is 90.0 cm³/mol. The summed E-state index contributed by atoms with van der Waals surface area (Å²) in [4.78, 5) is 11.8. The van der Waals surface area contributed by atoms with E-state index in [2.05, 4.69) is 26.0 Å². The summed E-state index contributed by atoms with van der Waals surface area (Å²) in [6.07, 6.45) is 6.87. The van der Waals surface area contributed by atoms with Gasteiger partial charge >= 0.3 is 0 Å². The highest BCUT2D eigenvalue weighted by Gasteiger charge is 1.97. The van der Waals surface area contributed by atoms with Gasteiger partial charge in [0, 0.05) is 0 Å². The Morgan fingerprint density at radius 1 is 0.810 bits per heavy atom. The largest absolute Gasteiger partial charge is 0.290 e. The summed E-state index contributed by atoms with van der Waals surface area (Å²) in [6.45, 7) is 4.34. The minimum absolute atomic E-state index is 0.00760. The van der Waals surface area contributed by atoms with Crippen LogP contribution in [0.15, 0.2) is 66.7 Å². The molecule has 0 heterocycles. The lowest BCUT2D eigenvalue weighted by atomic mass is 10.0. The fourth-order valence-electron chi connectivity index (χ4n) is 1.97. The van der Waals surface area contributed by atoms with Crippen molar-refractivity contribution < 1.29 is 4.79 Å². The third kappa shape index (κ3) is 4.88. The number of allylic oxidation sites excluding steroid dienone is 2. The first-order chi connectivity index (χ1) is 10.1. The molecule has 0 atom stereocenters. The molecular weight excluding hydrogens is 256 g/mol. The number of rotatable bonds is 5. The Bertz CT molecular complexity index is 631. The zero-order valence-electron chi connectivity index (χ0n) is 12.5. The van der Waals surface area contributed by atoms with Gasteiger partial charge in [0.1, 0.15) is 0 Å².